The van der Waals surface area contributed by atoms with Gasteiger partial charge < -0.3 is 29.2 Å². The fourth-order valence-corrected chi connectivity index (χ4v) is 6.23. The zero-order chi connectivity index (χ0) is 35.1. The van der Waals surface area contributed by atoms with Crippen LogP contribution in [0.2, 0.25) is 0 Å². The Hall–Kier alpha value is -4.22. The van der Waals surface area contributed by atoms with Crippen molar-refractivity contribution in [2.24, 2.45) is 11.3 Å². The molecule has 4 aromatic rings. The fraction of sp³-hybridized carbons (Fsp3) is 0.421. The second-order valence-corrected chi connectivity index (χ2v) is 13.5. The molecule has 1 fully saturated rings. The summed E-state index contributed by atoms with van der Waals surface area (Å²) in [6, 6.07) is 25.7. The summed E-state index contributed by atoms with van der Waals surface area (Å²) in [5.74, 6) is 2.19. The molecule has 10 nitrogen and oxygen atoms in total. The first-order valence-electron chi connectivity index (χ1n) is 16.1. The van der Waals surface area contributed by atoms with Gasteiger partial charge in [-0.25, -0.2) is 4.79 Å². The Morgan fingerprint density at radius 2 is 1.31 bits per heavy atom. The number of nitrogens with zero attached hydrogens (tertiary/aromatic N) is 1. The Labute approximate surface area is 281 Å². The predicted molar refractivity (Wildman–Crippen MR) is 184 cm³/mol. The smallest absolute Gasteiger partial charge is 0.330 e. The number of aromatic nitrogens is 2. The van der Waals surface area contributed by atoms with Crippen LogP contribution in [0.5, 0.6) is 11.5 Å². The van der Waals surface area contributed by atoms with Crippen molar-refractivity contribution in [1.29, 1.82) is 0 Å². The number of aromatic amines is 1. The van der Waals surface area contributed by atoms with Crippen LogP contribution >= 0.6 is 0 Å². The zero-order valence-corrected chi connectivity index (χ0v) is 28.8. The lowest BCUT2D eigenvalue weighted by Gasteiger charge is -2.37. The third-order valence-electron chi connectivity index (χ3n) is 8.12. The second-order valence-electron chi connectivity index (χ2n) is 13.5. The summed E-state index contributed by atoms with van der Waals surface area (Å²) in [6.45, 7) is 11.2. The SMILES string of the molecule is CC(C)CC(C)(C)C.COc1ccc(C(OCC2OC(n3ccc(=O)[nH]c3=O)C(O)C2O)(c2ccccc2)c2ccc(OC)cc2)cc1. The molecule has 5 rings (SSSR count). The fourth-order valence-electron chi connectivity index (χ4n) is 6.23. The van der Waals surface area contributed by atoms with Gasteiger partial charge in [0.25, 0.3) is 5.56 Å². The minimum Gasteiger partial charge on any atom is -0.497 e. The first kappa shape index (κ1) is 36.6. The molecule has 258 valence electrons. The van der Waals surface area contributed by atoms with Crippen LogP contribution in [0.4, 0.5) is 0 Å². The highest BCUT2D eigenvalue weighted by Gasteiger charge is 2.46. The highest BCUT2D eigenvalue weighted by Crippen LogP contribution is 2.42. The Kier molecular flexibility index (Phi) is 12.0. The van der Waals surface area contributed by atoms with Gasteiger partial charge >= 0.3 is 5.69 Å². The number of nitrogens with one attached hydrogen (secondary N) is 1. The molecular weight excluding hydrogens is 612 g/mol. The first-order chi connectivity index (χ1) is 22.8. The molecule has 0 radical (unpaired) electrons. The summed E-state index contributed by atoms with van der Waals surface area (Å²) in [5.41, 5.74) is 0.389. The summed E-state index contributed by atoms with van der Waals surface area (Å²) < 4.78 is 24.5. The molecule has 1 aromatic heterocycles. The summed E-state index contributed by atoms with van der Waals surface area (Å²) in [6.07, 6.45) is -2.49. The Morgan fingerprint density at radius 1 is 0.792 bits per heavy atom. The van der Waals surface area contributed by atoms with Crippen molar-refractivity contribution in [3.63, 3.8) is 0 Å². The minimum absolute atomic E-state index is 0.153. The number of hydrogen-bond donors (Lipinski definition) is 3. The summed E-state index contributed by atoms with van der Waals surface area (Å²) in [4.78, 5) is 26.0. The van der Waals surface area contributed by atoms with E-state index in [1.54, 1.807) is 14.2 Å². The largest absolute Gasteiger partial charge is 0.497 e. The first-order valence-corrected chi connectivity index (χ1v) is 16.1. The van der Waals surface area contributed by atoms with E-state index in [2.05, 4.69) is 39.6 Å². The van der Waals surface area contributed by atoms with Crippen LogP contribution < -0.4 is 20.7 Å². The lowest BCUT2D eigenvalue weighted by atomic mass is 9.80. The van der Waals surface area contributed by atoms with Gasteiger partial charge in [0.1, 0.15) is 35.4 Å². The van der Waals surface area contributed by atoms with Gasteiger partial charge in [-0.2, -0.15) is 0 Å². The van der Waals surface area contributed by atoms with Crippen LogP contribution in [0, 0.1) is 11.3 Å². The van der Waals surface area contributed by atoms with Crippen molar-refractivity contribution < 1.29 is 29.2 Å². The van der Waals surface area contributed by atoms with Gasteiger partial charge in [0.05, 0.1) is 20.8 Å². The van der Waals surface area contributed by atoms with Crippen LogP contribution in [-0.2, 0) is 15.1 Å². The molecule has 3 aromatic carbocycles. The van der Waals surface area contributed by atoms with E-state index in [0.29, 0.717) is 16.9 Å². The number of methoxy groups -OCH3 is 2. The molecule has 0 amide bonds. The molecule has 2 heterocycles. The lowest BCUT2D eigenvalue weighted by molar-refractivity contribution is -0.0958. The third kappa shape index (κ3) is 8.62. The monoisotopic (exact) mass is 660 g/mol. The molecule has 4 unspecified atom stereocenters. The summed E-state index contributed by atoms with van der Waals surface area (Å²) >= 11 is 0. The molecule has 1 aliphatic rings. The van der Waals surface area contributed by atoms with Crippen LogP contribution in [0.3, 0.4) is 0 Å². The van der Waals surface area contributed by atoms with Gasteiger partial charge in [0.15, 0.2) is 6.23 Å². The molecule has 4 atom stereocenters. The zero-order valence-electron chi connectivity index (χ0n) is 28.8. The lowest BCUT2D eigenvalue weighted by Crippen LogP contribution is -2.40. The predicted octanol–water partition coefficient (Wildman–Crippen LogP) is 5.26. The average Bonchev–Trinajstić information content (AvgIpc) is 3.34. The minimum atomic E-state index is -1.44. The van der Waals surface area contributed by atoms with Gasteiger partial charge in [0.2, 0.25) is 0 Å². The van der Waals surface area contributed by atoms with Crippen molar-refractivity contribution in [1.82, 2.24) is 9.55 Å². The maximum absolute atomic E-state index is 12.3. The number of benzene rings is 3. The van der Waals surface area contributed by atoms with Crippen molar-refractivity contribution in [2.75, 3.05) is 20.8 Å². The molecule has 3 N–H and O–H groups in total. The maximum Gasteiger partial charge on any atom is 0.330 e. The molecule has 0 saturated carbocycles. The van der Waals surface area contributed by atoms with E-state index in [9.17, 15) is 19.8 Å². The number of hydrogen-bond acceptors (Lipinski definition) is 8. The van der Waals surface area contributed by atoms with Gasteiger partial charge in [0, 0.05) is 12.3 Å². The van der Waals surface area contributed by atoms with Gasteiger partial charge in [-0.15, -0.1) is 0 Å². The highest BCUT2D eigenvalue weighted by molar-refractivity contribution is 5.49. The van der Waals surface area contributed by atoms with Crippen LogP contribution in [0.1, 0.15) is 64.0 Å². The van der Waals surface area contributed by atoms with Crippen LogP contribution in [0.15, 0.2) is 101 Å². The molecule has 0 aliphatic carbocycles. The summed E-state index contributed by atoms with van der Waals surface area (Å²) in [7, 11) is 3.18. The van der Waals surface area contributed by atoms with Crippen molar-refractivity contribution in [3.05, 3.63) is 129 Å². The molecule has 10 heteroatoms. The molecule has 1 saturated heterocycles. The highest BCUT2D eigenvalue weighted by atomic mass is 16.6. The maximum atomic E-state index is 12.3. The quantitative estimate of drug-likeness (QED) is 0.196. The molecule has 0 bridgehead atoms. The molecule has 48 heavy (non-hydrogen) atoms. The van der Waals surface area contributed by atoms with Crippen molar-refractivity contribution in [3.8, 4) is 11.5 Å². The second kappa shape index (κ2) is 15.8. The van der Waals surface area contributed by atoms with E-state index in [1.165, 1.54) is 12.6 Å². The number of aliphatic hydroxyl groups excluding tert-OH is 2. The van der Waals surface area contributed by atoms with E-state index in [-0.39, 0.29) is 6.61 Å². The van der Waals surface area contributed by atoms with E-state index in [4.69, 9.17) is 18.9 Å². The topological polar surface area (TPSA) is 132 Å². The number of rotatable bonds is 10. The van der Waals surface area contributed by atoms with E-state index >= 15 is 0 Å². The third-order valence-corrected chi connectivity index (χ3v) is 8.12. The molecule has 0 spiro atoms. The van der Waals surface area contributed by atoms with Crippen molar-refractivity contribution in [2.45, 2.75) is 71.2 Å². The Morgan fingerprint density at radius 3 is 1.75 bits per heavy atom. The molecule has 1 aliphatic heterocycles. The van der Waals surface area contributed by atoms with Gasteiger partial charge in [-0.1, -0.05) is 89.2 Å². The average molecular weight is 661 g/mol. The van der Waals surface area contributed by atoms with Crippen molar-refractivity contribution >= 4 is 0 Å². The number of ether oxygens (including phenoxy) is 4. The van der Waals surface area contributed by atoms with E-state index < -0.39 is 41.4 Å². The Balaban J connectivity index is 0.000000579. The number of aliphatic hydroxyl groups is 2. The molecular formula is C38H48N2O8. The van der Waals surface area contributed by atoms with E-state index in [0.717, 1.165) is 33.2 Å². The number of H-pyrrole nitrogens is 1. The summed E-state index contributed by atoms with van der Waals surface area (Å²) in [5, 5.41) is 21.7. The van der Waals surface area contributed by atoms with Gasteiger partial charge in [-0.3, -0.25) is 14.3 Å². The van der Waals surface area contributed by atoms with Gasteiger partial charge in [-0.05, 0) is 58.7 Å². The standard InChI is InChI=1S/C30H30N2O8.C8H18/c1-37-22-12-8-20(9-13-22)30(19-6-4-3-5-7-19,21-10-14-23(38-2)15-11-21)39-18-24-26(34)27(35)28(40-24)32-17-16-25(33)31-29(32)36;1-7(2)6-8(3,4)5/h3-17,24,26-28,34-35H,18H2,1-2H3,(H,31,33,36);7H,6H2,1-5H3. The van der Waals surface area contributed by atoms with Crippen LogP contribution in [0.25, 0.3) is 0 Å². The normalized spacial score (nSPS) is 19.5. The Bertz CT molecular complexity index is 1640. The van der Waals surface area contributed by atoms with Crippen LogP contribution in [-0.4, -0.2) is 58.9 Å². The van der Waals surface area contributed by atoms with E-state index in [1.807, 2.05) is 78.9 Å².